The number of sulfonamides is 1. The minimum absolute atomic E-state index is 0.258. The van der Waals surface area contributed by atoms with Crippen LogP contribution in [0.25, 0.3) is 0 Å². The minimum Gasteiger partial charge on any atom is -0.379 e. The van der Waals surface area contributed by atoms with Gasteiger partial charge in [-0.15, -0.1) is 0 Å². The zero-order chi connectivity index (χ0) is 21.3. The Labute approximate surface area is 175 Å². The van der Waals surface area contributed by atoms with Crippen LogP contribution in [-0.2, 0) is 21.3 Å². The average molecular weight is 426 g/mol. The van der Waals surface area contributed by atoms with Crippen LogP contribution in [-0.4, -0.2) is 72.3 Å². The summed E-state index contributed by atoms with van der Waals surface area (Å²) in [5, 5.41) is 6.74. The molecule has 1 aliphatic heterocycles. The van der Waals surface area contributed by atoms with Crippen molar-refractivity contribution in [3.05, 3.63) is 29.8 Å². The lowest BCUT2D eigenvalue weighted by molar-refractivity contribution is 0.0132. The molecule has 0 bridgehead atoms. The number of rotatable bonds is 9. The second kappa shape index (κ2) is 11.5. The van der Waals surface area contributed by atoms with Crippen LogP contribution in [0.2, 0.25) is 0 Å². The Balaban J connectivity index is 1.89. The van der Waals surface area contributed by atoms with Gasteiger partial charge in [0.1, 0.15) is 0 Å². The first-order chi connectivity index (χ1) is 13.9. The number of nitrogens with zero attached hydrogens (tertiary/aromatic N) is 2. The summed E-state index contributed by atoms with van der Waals surface area (Å²) in [5.41, 5.74) is 0.981. The quantitative estimate of drug-likeness (QED) is 0.404. The Hall–Kier alpha value is -1.68. The van der Waals surface area contributed by atoms with Gasteiger partial charge in [-0.3, -0.25) is 9.89 Å². The molecule has 3 N–H and O–H groups in total. The third-order valence-corrected chi connectivity index (χ3v) is 6.43. The molecule has 1 atom stereocenters. The van der Waals surface area contributed by atoms with Crippen molar-refractivity contribution in [2.24, 2.45) is 10.9 Å². The molecule has 1 aromatic rings. The monoisotopic (exact) mass is 425 g/mol. The summed E-state index contributed by atoms with van der Waals surface area (Å²) in [7, 11) is -0.249. The summed E-state index contributed by atoms with van der Waals surface area (Å²) in [6, 6.07) is 7.26. The lowest BCUT2D eigenvalue weighted by Gasteiger charge is -2.35. The van der Waals surface area contributed by atoms with Gasteiger partial charge < -0.3 is 15.4 Å². The van der Waals surface area contributed by atoms with Crippen molar-refractivity contribution in [2.45, 2.75) is 37.8 Å². The fourth-order valence-corrected chi connectivity index (χ4v) is 4.10. The lowest BCUT2D eigenvalue weighted by atomic mass is 10.0. The molecule has 0 aromatic heterocycles. The van der Waals surface area contributed by atoms with Gasteiger partial charge in [0.25, 0.3) is 0 Å². The molecular weight excluding hydrogens is 390 g/mol. The number of hydrogen-bond donors (Lipinski definition) is 3. The van der Waals surface area contributed by atoms with E-state index in [1.54, 1.807) is 31.3 Å². The second-order valence-corrected chi connectivity index (χ2v) is 9.48. The molecule has 0 aliphatic carbocycles. The number of morpholine rings is 1. The van der Waals surface area contributed by atoms with E-state index in [1.807, 2.05) is 0 Å². The van der Waals surface area contributed by atoms with Crippen molar-refractivity contribution in [2.75, 3.05) is 46.9 Å². The number of benzene rings is 1. The normalized spacial score (nSPS) is 17.3. The van der Waals surface area contributed by atoms with E-state index in [0.717, 1.165) is 50.8 Å². The zero-order valence-corrected chi connectivity index (χ0v) is 18.8. The standard InChI is InChI=1S/C20H35N5O3S/c1-16(2)13-18(25-9-11-28-12-10-25)15-24-20(21-3)23-14-17-5-7-19(8-6-17)29(26,27)22-4/h5-8,16,18,22H,9-15H2,1-4H3,(H2,21,23,24). The van der Waals surface area contributed by atoms with Gasteiger partial charge in [0.15, 0.2) is 5.96 Å². The van der Waals surface area contributed by atoms with Crippen LogP contribution in [0, 0.1) is 5.92 Å². The summed E-state index contributed by atoms with van der Waals surface area (Å²) in [5.74, 6) is 1.35. The van der Waals surface area contributed by atoms with E-state index in [4.69, 9.17) is 4.74 Å². The van der Waals surface area contributed by atoms with Gasteiger partial charge in [-0.25, -0.2) is 13.1 Å². The van der Waals surface area contributed by atoms with Gasteiger partial charge in [-0.1, -0.05) is 26.0 Å². The molecule has 1 aliphatic rings. The Morgan fingerprint density at radius 2 is 1.83 bits per heavy atom. The first kappa shape index (κ1) is 23.6. The molecule has 1 fully saturated rings. The molecule has 8 nitrogen and oxygen atoms in total. The van der Waals surface area contributed by atoms with Crippen molar-refractivity contribution in [3.8, 4) is 0 Å². The van der Waals surface area contributed by atoms with Gasteiger partial charge in [0.2, 0.25) is 10.0 Å². The number of hydrogen-bond acceptors (Lipinski definition) is 5. The Morgan fingerprint density at radius 3 is 2.38 bits per heavy atom. The van der Waals surface area contributed by atoms with Crippen LogP contribution in [0.3, 0.4) is 0 Å². The molecule has 1 unspecified atom stereocenters. The molecule has 1 saturated heterocycles. The highest BCUT2D eigenvalue weighted by Gasteiger charge is 2.22. The van der Waals surface area contributed by atoms with Crippen molar-refractivity contribution >= 4 is 16.0 Å². The summed E-state index contributed by atoms with van der Waals surface area (Å²) in [6.45, 7) is 9.39. The third kappa shape index (κ3) is 7.58. The van der Waals surface area contributed by atoms with Gasteiger partial charge in [-0.2, -0.15) is 0 Å². The molecule has 2 rings (SSSR count). The smallest absolute Gasteiger partial charge is 0.240 e. The lowest BCUT2D eigenvalue weighted by Crippen LogP contribution is -2.50. The van der Waals surface area contributed by atoms with Crippen molar-refractivity contribution in [3.63, 3.8) is 0 Å². The fourth-order valence-electron chi connectivity index (χ4n) is 3.37. The van der Waals surface area contributed by atoms with Gasteiger partial charge in [0, 0.05) is 39.3 Å². The largest absolute Gasteiger partial charge is 0.379 e. The highest BCUT2D eigenvalue weighted by Crippen LogP contribution is 2.13. The van der Waals surface area contributed by atoms with Crippen molar-refractivity contribution in [1.82, 2.24) is 20.3 Å². The van der Waals surface area contributed by atoms with E-state index in [9.17, 15) is 8.42 Å². The molecule has 0 spiro atoms. The van der Waals surface area contributed by atoms with Crippen LogP contribution in [0.1, 0.15) is 25.8 Å². The maximum atomic E-state index is 11.8. The molecular formula is C20H35N5O3S. The molecule has 9 heteroatoms. The Bertz CT molecular complexity index is 744. The van der Waals surface area contributed by atoms with Crippen LogP contribution in [0.4, 0.5) is 0 Å². The van der Waals surface area contributed by atoms with E-state index < -0.39 is 10.0 Å². The molecule has 0 saturated carbocycles. The minimum atomic E-state index is -3.41. The molecule has 1 heterocycles. The maximum Gasteiger partial charge on any atom is 0.240 e. The van der Waals surface area contributed by atoms with Crippen LogP contribution in [0.5, 0.6) is 0 Å². The fraction of sp³-hybridized carbons (Fsp3) is 0.650. The summed E-state index contributed by atoms with van der Waals surface area (Å²) in [6.07, 6.45) is 1.12. The third-order valence-electron chi connectivity index (χ3n) is 5.00. The first-order valence-corrected chi connectivity index (χ1v) is 11.6. The second-order valence-electron chi connectivity index (χ2n) is 7.59. The molecule has 0 amide bonds. The molecule has 29 heavy (non-hydrogen) atoms. The van der Waals surface area contributed by atoms with E-state index in [-0.39, 0.29) is 4.90 Å². The van der Waals surface area contributed by atoms with Crippen LogP contribution < -0.4 is 15.4 Å². The number of nitrogens with one attached hydrogen (secondary N) is 3. The first-order valence-electron chi connectivity index (χ1n) is 10.1. The highest BCUT2D eigenvalue weighted by atomic mass is 32.2. The highest BCUT2D eigenvalue weighted by molar-refractivity contribution is 7.89. The zero-order valence-electron chi connectivity index (χ0n) is 17.9. The summed E-state index contributed by atoms with van der Waals surface area (Å²) >= 11 is 0. The van der Waals surface area contributed by atoms with E-state index in [2.05, 4.69) is 39.1 Å². The number of ether oxygens (including phenoxy) is 1. The van der Waals surface area contributed by atoms with Gasteiger partial charge in [-0.05, 0) is 37.1 Å². The molecule has 1 aromatic carbocycles. The van der Waals surface area contributed by atoms with E-state index in [0.29, 0.717) is 18.5 Å². The Morgan fingerprint density at radius 1 is 1.17 bits per heavy atom. The maximum absolute atomic E-state index is 11.8. The SMILES string of the molecule is CN=C(NCc1ccc(S(=O)(=O)NC)cc1)NCC(CC(C)C)N1CCOCC1. The van der Waals surface area contributed by atoms with Crippen LogP contribution >= 0.6 is 0 Å². The van der Waals surface area contributed by atoms with Gasteiger partial charge >= 0.3 is 0 Å². The molecule has 164 valence electrons. The summed E-state index contributed by atoms with van der Waals surface area (Å²) in [4.78, 5) is 7.06. The Kier molecular flexibility index (Phi) is 9.35. The predicted octanol–water partition coefficient (Wildman–Crippen LogP) is 1.01. The van der Waals surface area contributed by atoms with E-state index >= 15 is 0 Å². The number of aliphatic imine (C=N–C) groups is 1. The topological polar surface area (TPSA) is 95.1 Å². The summed E-state index contributed by atoms with van der Waals surface area (Å²) < 4.78 is 31.4. The predicted molar refractivity (Wildman–Crippen MR) is 117 cm³/mol. The number of guanidine groups is 1. The van der Waals surface area contributed by atoms with Gasteiger partial charge in [0.05, 0.1) is 18.1 Å². The van der Waals surface area contributed by atoms with Crippen molar-refractivity contribution < 1.29 is 13.2 Å². The molecule has 0 radical (unpaired) electrons. The average Bonchev–Trinajstić information content (AvgIpc) is 2.73. The van der Waals surface area contributed by atoms with E-state index in [1.165, 1.54) is 7.05 Å². The van der Waals surface area contributed by atoms with Crippen molar-refractivity contribution in [1.29, 1.82) is 0 Å². The van der Waals surface area contributed by atoms with Crippen LogP contribution in [0.15, 0.2) is 34.2 Å².